The minimum Gasteiger partial charge on any atom is -0.354 e. The van der Waals surface area contributed by atoms with Gasteiger partial charge in [-0.25, -0.2) is 4.79 Å². The minimum absolute atomic E-state index is 0.156. The van der Waals surface area contributed by atoms with Crippen molar-refractivity contribution >= 4 is 17.8 Å². The lowest BCUT2D eigenvalue weighted by atomic mass is 9.94. The summed E-state index contributed by atoms with van der Waals surface area (Å²) in [4.78, 5) is 48.5. The third-order valence-electron chi connectivity index (χ3n) is 7.33. The summed E-state index contributed by atoms with van der Waals surface area (Å²) in [5.74, 6) is -0.495. The fraction of sp³-hybridized carbons (Fsp3) is 0.250. The first-order chi connectivity index (χ1) is 19.5. The molecule has 8 heteroatoms. The molecule has 3 heterocycles. The molecule has 0 fully saturated rings. The molecule has 2 aliphatic rings. The summed E-state index contributed by atoms with van der Waals surface area (Å²) in [6.07, 6.45) is 4.29. The number of hydrogen-bond acceptors (Lipinski definition) is 4. The van der Waals surface area contributed by atoms with E-state index in [-0.39, 0.29) is 30.9 Å². The summed E-state index contributed by atoms with van der Waals surface area (Å²) in [5, 5.41) is 6.03. The lowest BCUT2D eigenvalue weighted by molar-refractivity contribution is -0.136. The monoisotopic (exact) mass is 535 g/mol. The van der Waals surface area contributed by atoms with E-state index in [1.165, 1.54) is 0 Å². The third-order valence-corrected chi connectivity index (χ3v) is 7.33. The van der Waals surface area contributed by atoms with Crippen LogP contribution in [0.2, 0.25) is 0 Å². The van der Waals surface area contributed by atoms with Gasteiger partial charge in [0.25, 0.3) is 5.91 Å². The number of hydrogen-bond donors (Lipinski definition) is 2. The quantitative estimate of drug-likeness (QED) is 0.387. The highest BCUT2D eigenvalue weighted by atomic mass is 16.2. The number of pyridine rings is 1. The first-order valence-electron chi connectivity index (χ1n) is 13.5. The summed E-state index contributed by atoms with van der Waals surface area (Å²) in [6.45, 7) is 6.59. The Morgan fingerprint density at radius 2 is 1.85 bits per heavy atom. The van der Waals surface area contributed by atoms with Gasteiger partial charge in [0.05, 0.1) is 23.9 Å². The predicted molar refractivity (Wildman–Crippen MR) is 153 cm³/mol. The zero-order chi connectivity index (χ0) is 28.1. The Labute approximate surface area is 234 Å². The van der Waals surface area contributed by atoms with Crippen molar-refractivity contribution in [3.05, 3.63) is 125 Å². The van der Waals surface area contributed by atoms with E-state index in [1.807, 2.05) is 79.7 Å². The molecular formula is C32H33N5O3. The Bertz CT molecular complexity index is 1420. The van der Waals surface area contributed by atoms with Gasteiger partial charge in [-0.1, -0.05) is 72.3 Å². The number of rotatable bonds is 10. The van der Waals surface area contributed by atoms with Gasteiger partial charge in [0.15, 0.2) is 0 Å². The lowest BCUT2D eigenvalue weighted by Crippen LogP contribution is -2.50. The zero-order valence-corrected chi connectivity index (χ0v) is 22.5. The van der Waals surface area contributed by atoms with Crippen molar-refractivity contribution in [2.75, 3.05) is 19.6 Å². The first kappa shape index (κ1) is 26.9. The van der Waals surface area contributed by atoms with Gasteiger partial charge >= 0.3 is 6.03 Å². The summed E-state index contributed by atoms with van der Waals surface area (Å²) < 4.78 is 0. The molecule has 3 aromatic rings. The van der Waals surface area contributed by atoms with Gasteiger partial charge < -0.3 is 15.5 Å². The van der Waals surface area contributed by atoms with Gasteiger partial charge in [-0.15, -0.1) is 6.58 Å². The van der Waals surface area contributed by atoms with E-state index in [0.717, 1.165) is 22.4 Å². The van der Waals surface area contributed by atoms with E-state index in [1.54, 1.807) is 22.1 Å². The number of aryl methyl sites for hydroxylation is 1. The van der Waals surface area contributed by atoms with Gasteiger partial charge in [0.2, 0.25) is 5.91 Å². The molecule has 0 saturated carbocycles. The topological polar surface area (TPSA) is 94.6 Å². The zero-order valence-electron chi connectivity index (χ0n) is 22.5. The Kier molecular flexibility index (Phi) is 8.05. The number of nitrogens with one attached hydrogen (secondary N) is 2. The fourth-order valence-corrected chi connectivity index (χ4v) is 5.26. The van der Waals surface area contributed by atoms with Crippen LogP contribution in [0.1, 0.15) is 28.4 Å². The highest BCUT2D eigenvalue weighted by molar-refractivity contribution is 6.03. The van der Waals surface area contributed by atoms with Gasteiger partial charge in [-0.3, -0.25) is 19.5 Å². The van der Waals surface area contributed by atoms with E-state index >= 15 is 0 Å². The Hall–Kier alpha value is -4.72. The van der Waals surface area contributed by atoms with Crippen molar-refractivity contribution in [2.24, 2.45) is 0 Å². The largest absolute Gasteiger partial charge is 0.354 e. The molecule has 0 aliphatic carbocycles. The van der Waals surface area contributed by atoms with Crippen molar-refractivity contribution in [3.8, 4) is 0 Å². The number of carbonyl (C=O) groups excluding carboxylic acids is 3. The fourth-order valence-electron chi connectivity index (χ4n) is 5.26. The number of aromatic nitrogens is 1. The third kappa shape index (κ3) is 5.66. The normalized spacial score (nSPS) is 17.4. The average molecular weight is 536 g/mol. The highest BCUT2D eigenvalue weighted by Crippen LogP contribution is 2.37. The Balaban J connectivity index is 1.44. The average Bonchev–Trinajstić information content (AvgIpc) is 3.31. The van der Waals surface area contributed by atoms with Crippen molar-refractivity contribution in [3.63, 3.8) is 0 Å². The number of nitrogens with zero attached hydrogens (tertiary/aromatic N) is 3. The van der Waals surface area contributed by atoms with Gasteiger partial charge in [0, 0.05) is 37.8 Å². The van der Waals surface area contributed by atoms with E-state index in [9.17, 15) is 14.4 Å². The summed E-state index contributed by atoms with van der Waals surface area (Å²) in [5.41, 5.74) is 4.82. The van der Waals surface area contributed by atoms with Gasteiger partial charge in [0.1, 0.15) is 6.04 Å². The van der Waals surface area contributed by atoms with E-state index in [4.69, 9.17) is 0 Å². The van der Waals surface area contributed by atoms with E-state index in [0.29, 0.717) is 30.7 Å². The van der Waals surface area contributed by atoms with Crippen LogP contribution in [-0.2, 0) is 22.4 Å². The van der Waals surface area contributed by atoms with Crippen LogP contribution in [0.15, 0.2) is 103 Å². The SMILES string of the molecule is C=CCN1C(=O)NC(c2ccc(C)cc2)C2=C1CN(C(Cc1ccccc1)C(=O)NCCc1ccccn1)C2=O. The molecule has 0 bridgehead atoms. The maximum Gasteiger partial charge on any atom is 0.322 e. The second-order valence-corrected chi connectivity index (χ2v) is 10.1. The van der Waals surface area contributed by atoms with Crippen LogP contribution in [0.4, 0.5) is 4.79 Å². The molecule has 8 nitrogen and oxygen atoms in total. The van der Waals surface area contributed by atoms with Gasteiger partial charge in [-0.05, 0) is 30.2 Å². The van der Waals surface area contributed by atoms with E-state index in [2.05, 4.69) is 22.2 Å². The molecule has 2 aromatic carbocycles. The first-order valence-corrected chi connectivity index (χ1v) is 13.5. The standard InChI is InChI=1S/C32H33N5O3/c1-3-19-36-27-21-37(31(39)28(27)29(35-32(36)40)24-14-12-22(2)13-15-24)26(20-23-9-5-4-6-10-23)30(38)34-18-16-25-11-7-8-17-33-25/h3-15,17,26,29H,1,16,18-21H2,2H3,(H,34,38)(H,35,40). The minimum atomic E-state index is -0.761. The molecule has 1 aromatic heterocycles. The second kappa shape index (κ2) is 12.0. The Morgan fingerprint density at radius 1 is 1.10 bits per heavy atom. The van der Waals surface area contributed by atoms with Crippen LogP contribution >= 0.6 is 0 Å². The maximum atomic E-state index is 14.2. The Morgan fingerprint density at radius 3 is 2.55 bits per heavy atom. The van der Waals surface area contributed by atoms with Crippen molar-refractivity contribution in [1.29, 1.82) is 0 Å². The van der Waals surface area contributed by atoms with Crippen LogP contribution in [-0.4, -0.2) is 58.3 Å². The molecule has 2 N–H and O–H groups in total. The van der Waals surface area contributed by atoms with Crippen molar-refractivity contribution in [2.45, 2.75) is 31.8 Å². The molecule has 2 atom stereocenters. The van der Waals surface area contributed by atoms with Gasteiger partial charge in [-0.2, -0.15) is 0 Å². The molecule has 0 radical (unpaired) electrons. The maximum absolute atomic E-state index is 14.2. The molecule has 2 unspecified atom stereocenters. The molecular weight excluding hydrogens is 502 g/mol. The van der Waals surface area contributed by atoms with Crippen LogP contribution < -0.4 is 10.6 Å². The smallest absolute Gasteiger partial charge is 0.322 e. The van der Waals surface area contributed by atoms with Crippen LogP contribution in [0.25, 0.3) is 0 Å². The highest BCUT2D eigenvalue weighted by Gasteiger charge is 2.46. The van der Waals surface area contributed by atoms with Crippen LogP contribution in [0.5, 0.6) is 0 Å². The van der Waals surface area contributed by atoms with Crippen molar-refractivity contribution < 1.29 is 14.4 Å². The number of carbonyl (C=O) groups is 3. The van der Waals surface area contributed by atoms with Crippen molar-refractivity contribution in [1.82, 2.24) is 25.4 Å². The lowest BCUT2D eigenvalue weighted by Gasteiger charge is -2.33. The molecule has 5 rings (SSSR count). The van der Waals surface area contributed by atoms with E-state index < -0.39 is 12.1 Å². The second-order valence-electron chi connectivity index (χ2n) is 10.1. The summed E-state index contributed by atoms with van der Waals surface area (Å²) in [7, 11) is 0. The van der Waals surface area contributed by atoms with Crippen LogP contribution in [0.3, 0.4) is 0 Å². The molecule has 0 saturated heterocycles. The summed E-state index contributed by atoms with van der Waals surface area (Å²) >= 11 is 0. The number of urea groups is 1. The molecule has 40 heavy (non-hydrogen) atoms. The number of amides is 4. The summed E-state index contributed by atoms with van der Waals surface area (Å²) in [6, 6.07) is 21.5. The molecule has 204 valence electrons. The number of benzene rings is 2. The van der Waals surface area contributed by atoms with Crippen LogP contribution in [0, 0.1) is 6.92 Å². The molecule has 2 aliphatic heterocycles. The molecule has 0 spiro atoms. The predicted octanol–water partition coefficient (Wildman–Crippen LogP) is 3.71. The molecule has 4 amide bonds.